The lowest BCUT2D eigenvalue weighted by Crippen LogP contribution is -1.93. The molecule has 0 amide bonds. The van der Waals surface area contributed by atoms with Crippen molar-refractivity contribution < 1.29 is 9.66 Å². The topological polar surface area (TPSA) is 93.9 Å². The van der Waals surface area contributed by atoms with Crippen molar-refractivity contribution in [3.63, 3.8) is 0 Å². The first-order valence-electron chi connectivity index (χ1n) is 7.54. The fourth-order valence-electron chi connectivity index (χ4n) is 2.29. The Hall–Kier alpha value is -2.87. The van der Waals surface area contributed by atoms with E-state index in [2.05, 4.69) is 15.2 Å². The number of ether oxygens (including phenoxy) is 1. The fraction of sp³-hybridized carbons (Fsp3) is 0.176. The van der Waals surface area contributed by atoms with E-state index in [4.69, 9.17) is 4.74 Å². The van der Waals surface area contributed by atoms with E-state index >= 15 is 0 Å². The van der Waals surface area contributed by atoms with Crippen LogP contribution in [0.25, 0.3) is 11.4 Å². The van der Waals surface area contributed by atoms with Gasteiger partial charge in [-0.25, -0.2) is 4.98 Å². The monoisotopic (exact) mass is 356 g/mol. The number of hydrogen-bond donors (Lipinski definition) is 1. The average molecular weight is 356 g/mol. The molecule has 0 saturated heterocycles. The van der Waals surface area contributed by atoms with Crippen LogP contribution in [0.2, 0.25) is 0 Å². The first-order chi connectivity index (χ1) is 12.1. The zero-order valence-corrected chi connectivity index (χ0v) is 14.5. The van der Waals surface area contributed by atoms with Gasteiger partial charge in [0.2, 0.25) is 5.16 Å². The Kier molecular flexibility index (Phi) is 4.99. The lowest BCUT2D eigenvalue weighted by Gasteiger charge is -2.08. The summed E-state index contributed by atoms with van der Waals surface area (Å²) in [7, 11) is 1.62. The molecule has 0 saturated carbocycles. The second kappa shape index (κ2) is 7.35. The molecule has 1 N–H and O–H groups in total. The molecule has 3 rings (SSSR count). The van der Waals surface area contributed by atoms with Crippen molar-refractivity contribution in [1.29, 1.82) is 0 Å². The van der Waals surface area contributed by atoms with Crippen LogP contribution in [-0.4, -0.2) is 27.2 Å². The quantitative estimate of drug-likeness (QED) is 0.403. The Morgan fingerprint density at radius 2 is 2.00 bits per heavy atom. The molecule has 0 fully saturated rings. The van der Waals surface area contributed by atoms with Gasteiger partial charge in [-0.2, -0.15) is 0 Å². The van der Waals surface area contributed by atoms with E-state index < -0.39 is 4.92 Å². The van der Waals surface area contributed by atoms with Gasteiger partial charge >= 0.3 is 0 Å². The third-order valence-corrected chi connectivity index (χ3v) is 4.68. The summed E-state index contributed by atoms with van der Waals surface area (Å²) in [6, 6.07) is 14.1. The summed E-state index contributed by atoms with van der Waals surface area (Å²) in [5.74, 6) is 1.44. The highest BCUT2D eigenvalue weighted by atomic mass is 32.2. The maximum atomic E-state index is 10.9. The molecule has 3 aromatic rings. The molecule has 8 heteroatoms. The molecule has 1 heterocycles. The van der Waals surface area contributed by atoms with Crippen LogP contribution in [0.5, 0.6) is 5.75 Å². The van der Waals surface area contributed by atoms with Gasteiger partial charge in [0.25, 0.3) is 5.69 Å². The second-order valence-electron chi connectivity index (χ2n) is 5.31. The summed E-state index contributed by atoms with van der Waals surface area (Å²) in [4.78, 5) is 15.0. The van der Waals surface area contributed by atoms with E-state index in [1.807, 2.05) is 37.3 Å². The number of aromatic amines is 1. The number of methoxy groups -OCH3 is 1. The van der Waals surface area contributed by atoms with E-state index in [0.29, 0.717) is 11.0 Å². The number of nitro benzene ring substituents is 1. The van der Waals surface area contributed by atoms with Crippen LogP contribution in [0.15, 0.2) is 53.7 Å². The van der Waals surface area contributed by atoms with Crippen LogP contribution < -0.4 is 4.74 Å². The number of thioether (sulfide) groups is 1. The largest absolute Gasteiger partial charge is 0.497 e. The molecule has 0 radical (unpaired) electrons. The molecular weight excluding hydrogens is 340 g/mol. The minimum atomic E-state index is -0.393. The van der Waals surface area contributed by atoms with Crippen molar-refractivity contribution in [2.45, 2.75) is 17.3 Å². The molecule has 7 nitrogen and oxygen atoms in total. The van der Waals surface area contributed by atoms with E-state index in [9.17, 15) is 10.1 Å². The molecule has 1 aromatic heterocycles. The number of rotatable bonds is 6. The third-order valence-electron chi connectivity index (χ3n) is 3.66. The lowest BCUT2D eigenvalue weighted by molar-refractivity contribution is -0.384. The summed E-state index contributed by atoms with van der Waals surface area (Å²) < 4.78 is 5.14. The highest BCUT2D eigenvalue weighted by molar-refractivity contribution is 7.99. The van der Waals surface area contributed by atoms with Gasteiger partial charge in [-0.1, -0.05) is 23.9 Å². The zero-order chi connectivity index (χ0) is 17.8. The molecule has 0 bridgehead atoms. The Bertz CT molecular complexity index is 880. The number of H-pyrrole nitrogens is 1. The Balaban J connectivity index is 1.74. The van der Waals surface area contributed by atoms with E-state index in [-0.39, 0.29) is 10.9 Å². The number of benzene rings is 2. The van der Waals surface area contributed by atoms with Crippen LogP contribution in [-0.2, 0) is 0 Å². The molecule has 0 aliphatic heterocycles. The van der Waals surface area contributed by atoms with Crippen LogP contribution in [0.4, 0.5) is 5.69 Å². The molecule has 1 atom stereocenters. The smallest absolute Gasteiger partial charge is 0.269 e. The summed E-state index contributed by atoms with van der Waals surface area (Å²) >= 11 is 1.44. The predicted molar refractivity (Wildman–Crippen MR) is 95.7 cm³/mol. The van der Waals surface area contributed by atoms with Crippen molar-refractivity contribution in [2.24, 2.45) is 0 Å². The van der Waals surface area contributed by atoms with Crippen molar-refractivity contribution in [3.8, 4) is 17.1 Å². The normalized spacial score (nSPS) is 11.9. The SMILES string of the molecule is COc1ccc(-c2nc(S[C@H](C)c3cccc([N+](=O)[O-])c3)n[nH]2)cc1. The molecule has 0 unspecified atom stereocenters. The van der Waals surface area contributed by atoms with Crippen molar-refractivity contribution in [2.75, 3.05) is 7.11 Å². The van der Waals surface area contributed by atoms with Crippen molar-refractivity contribution >= 4 is 17.4 Å². The average Bonchev–Trinajstić information content (AvgIpc) is 3.10. The second-order valence-corrected chi connectivity index (χ2v) is 6.62. The zero-order valence-electron chi connectivity index (χ0n) is 13.7. The first kappa shape index (κ1) is 17.0. The highest BCUT2D eigenvalue weighted by Crippen LogP contribution is 2.34. The first-order valence-corrected chi connectivity index (χ1v) is 8.42. The van der Waals surface area contributed by atoms with Gasteiger partial charge in [0, 0.05) is 22.9 Å². The fourth-order valence-corrected chi connectivity index (χ4v) is 3.14. The van der Waals surface area contributed by atoms with Crippen LogP contribution in [0.3, 0.4) is 0 Å². The van der Waals surface area contributed by atoms with Crippen molar-refractivity contribution in [1.82, 2.24) is 15.2 Å². The maximum Gasteiger partial charge on any atom is 0.269 e. The molecule has 0 aliphatic carbocycles. The Morgan fingerprint density at radius 3 is 2.68 bits per heavy atom. The molecule has 25 heavy (non-hydrogen) atoms. The molecule has 0 spiro atoms. The molecule has 2 aromatic carbocycles. The molecule has 0 aliphatic rings. The van der Waals surface area contributed by atoms with E-state index in [1.165, 1.54) is 17.8 Å². The summed E-state index contributed by atoms with van der Waals surface area (Å²) in [6.45, 7) is 1.97. The predicted octanol–water partition coefficient (Wildman–Crippen LogP) is 4.24. The molecular formula is C17H16N4O3S. The van der Waals surface area contributed by atoms with Gasteiger partial charge in [0.15, 0.2) is 5.82 Å². The number of non-ortho nitro benzene ring substituents is 1. The summed E-state index contributed by atoms with van der Waals surface area (Å²) in [5, 5.41) is 18.6. The standard InChI is InChI=1S/C17H16N4O3S/c1-11(13-4-3-5-14(10-13)21(22)23)25-17-18-16(19-20-17)12-6-8-15(24-2)9-7-12/h3-11H,1-2H3,(H,18,19,20)/t11-/m1/s1. The summed E-state index contributed by atoms with van der Waals surface area (Å²) in [6.07, 6.45) is 0. The van der Waals surface area contributed by atoms with E-state index in [1.54, 1.807) is 19.2 Å². The van der Waals surface area contributed by atoms with Gasteiger partial charge in [0.1, 0.15) is 5.75 Å². The van der Waals surface area contributed by atoms with E-state index in [0.717, 1.165) is 16.9 Å². The van der Waals surface area contributed by atoms with Crippen LogP contribution >= 0.6 is 11.8 Å². The van der Waals surface area contributed by atoms with Crippen LogP contribution in [0, 0.1) is 10.1 Å². The molecule has 128 valence electrons. The Labute approximate surface area is 148 Å². The number of nitrogens with zero attached hydrogens (tertiary/aromatic N) is 3. The Morgan fingerprint density at radius 1 is 1.24 bits per heavy atom. The third kappa shape index (κ3) is 3.97. The number of hydrogen-bond acceptors (Lipinski definition) is 6. The van der Waals surface area contributed by atoms with Crippen molar-refractivity contribution in [3.05, 3.63) is 64.2 Å². The minimum absolute atomic E-state index is 0.0144. The highest BCUT2D eigenvalue weighted by Gasteiger charge is 2.15. The number of nitrogens with one attached hydrogen (secondary N) is 1. The van der Waals surface area contributed by atoms with Gasteiger partial charge in [0.05, 0.1) is 12.0 Å². The van der Waals surface area contributed by atoms with Crippen LogP contribution in [0.1, 0.15) is 17.7 Å². The van der Waals surface area contributed by atoms with Gasteiger partial charge < -0.3 is 4.74 Å². The number of aromatic nitrogens is 3. The lowest BCUT2D eigenvalue weighted by atomic mass is 10.1. The number of nitro groups is 1. The van der Waals surface area contributed by atoms with Gasteiger partial charge in [-0.3, -0.25) is 15.2 Å². The summed E-state index contributed by atoms with van der Waals surface area (Å²) in [5.41, 5.74) is 1.84. The van der Waals surface area contributed by atoms with Gasteiger partial charge in [-0.15, -0.1) is 5.10 Å². The maximum absolute atomic E-state index is 10.9. The van der Waals surface area contributed by atoms with Gasteiger partial charge in [-0.05, 0) is 36.8 Å². The minimum Gasteiger partial charge on any atom is -0.497 e.